The smallest absolute Gasteiger partial charge is 0.410 e. The van der Waals surface area contributed by atoms with Crippen LogP contribution >= 0.6 is 0 Å². The minimum Gasteiger partial charge on any atom is -0.444 e. The SMILES string of the molecule is CN(CCCNCc1ccncn1)C(=O)OC(C)(C)C. The molecule has 0 atom stereocenters. The van der Waals surface area contributed by atoms with Gasteiger partial charge in [-0.3, -0.25) is 0 Å². The van der Waals surface area contributed by atoms with Gasteiger partial charge in [-0.25, -0.2) is 14.8 Å². The van der Waals surface area contributed by atoms with Crippen molar-refractivity contribution in [3.63, 3.8) is 0 Å². The van der Waals surface area contributed by atoms with E-state index in [0.29, 0.717) is 13.1 Å². The van der Waals surface area contributed by atoms with Crippen molar-refractivity contribution in [1.29, 1.82) is 0 Å². The average molecular weight is 280 g/mol. The van der Waals surface area contributed by atoms with Crippen LogP contribution in [0.15, 0.2) is 18.6 Å². The molecule has 0 aliphatic heterocycles. The summed E-state index contributed by atoms with van der Waals surface area (Å²) in [6, 6.07) is 1.87. The molecule has 0 saturated heterocycles. The van der Waals surface area contributed by atoms with E-state index in [9.17, 15) is 4.79 Å². The lowest BCUT2D eigenvalue weighted by atomic mass is 10.2. The van der Waals surface area contributed by atoms with Crippen molar-refractivity contribution in [2.75, 3.05) is 20.1 Å². The third-order valence-corrected chi connectivity index (χ3v) is 2.50. The van der Waals surface area contributed by atoms with E-state index >= 15 is 0 Å². The summed E-state index contributed by atoms with van der Waals surface area (Å²) in [4.78, 5) is 21.3. The largest absolute Gasteiger partial charge is 0.444 e. The van der Waals surface area contributed by atoms with Crippen molar-refractivity contribution in [2.45, 2.75) is 39.3 Å². The van der Waals surface area contributed by atoms with Crippen LogP contribution in [0.5, 0.6) is 0 Å². The molecule has 0 radical (unpaired) electrons. The molecule has 0 bridgehead atoms. The van der Waals surface area contributed by atoms with Crippen molar-refractivity contribution in [1.82, 2.24) is 20.2 Å². The number of rotatable bonds is 6. The first-order valence-corrected chi connectivity index (χ1v) is 6.78. The molecule has 0 unspecified atom stereocenters. The van der Waals surface area contributed by atoms with Gasteiger partial charge in [0.25, 0.3) is 0 Å². The Bertz CT molecular complexity index is 403. The van der Waals surface area contributed by atoms with Gasteiger partial charge in [0.1, 0.15) is 11.9 Å². The van der Waals surface area contributed by atoms with Gasteiger partial charge in [-0.15, -0.1) is 0 Å². The number of nitrogens with zero attached hydrogens (tertiary/aromatic N) is 3. The quantitative estimate of drug-likeness (QED) is 0.805. The zero-order valence-corrected chi connectivity index (χ0v) is 12.7. The van der Waals surface area contributed by atoms with E-state index in [1.54, 1.807) is 18.1 Å². The first-order valence-electron chi connectivity index (χ1n) is 6.78. The standard InChI is InChI=1S/C14H24N4O2/c1-14(2,3)20-13(19)18(4)9-5-7-15-10-12-6-8-16-11-17-12/h6,8,11,15H,5,7,9-10H2,1-4H3. The van der Waals surface area contributed by atoms with Crippen molar-refractivity contribution >= 4 is 6.09 Å². The van der Waals surface area contributed by atoms with Gasteiger partial charge in [0, 0.05) is 26.3 Å². The predicted molar refractivity (Wildman–Crippen MR) is 77.2 cm³/mol. The Labute approximate surface area is 120 Å². The number of carbonyl (C=O) groups excluding carboxylic acids is 1. The summed E-state index contributed by atoms with van der Waals surface area (Å²) in [5, 5.41) is 3.28. The molecule has 112 valence electrons. The topological polar surface area (TPSA) is 67.3 Å². The summed E-state index contributed by atoms with van der Waals surface area (Å²) < 4.78 is 5.28. The molecule has 1 aromatic rings. The van der Waals surface area contributed by atoms with E-state index in [-0.39, 0.29) is 6.09 Å². The van der Waals surface area contributed by atoms with Gasteiger partial charge in [0.15, 0.2) is 0 Å². The number of aromatic nitrogens is 2. The summed E-state index contributed by atoms with van der Waals surface area (Å²) >= 11 is 0. The van der Waals surface area contributed by atoms with E-state index in [1.165, 1.54) is 6.33 Å². The van der Waals surface area contributed by atoms with Gasteiger partial charge in [-0.05, 0) is 39.8 Å². The highest BCUT2D eigenvalue weighted by Crippen LogP contribution is 2.09. The minimum atomic E-state index is -0.448. The normalized spacial score (nSPS) is 11.2. The lowest BCUT2D eigenvalue weighted by Gasteiger charge is -2.24. The van der Waals surface area contributed by atoms with Crippen LogP contribution < -0.4 is 5.32 Å². The van der Waals surface area contributed by atoms with Crippen LogP contribution in [-0.2, 0) is 11.3 Å². The Kier molecular flexibility index (Phi) is 6.38. The van der Waals surface area contributed by atoms with Crippen LogP contribution in [0, 0.1) is 0 Å². The molecule has 0 aromatic carbocycles. The van der Waals surface area contributed by atoms with Crippen LogP contribution in [0.2, 0.25) is 0 Å². The molecule has 0 fully saturated rings. The molecular formula is C14H24N4O2. The molecule has 20 heavy (non-hydrogen) atoms. The van der Waals surface area contributed by atoms with E-state index in [4.69, 9.17) is 4.74 Å². The number of ether oxygens (including phenoxy) is 1. The highest BCUT2D eigenvalue weighted by Gasteiger charge is 2.18. The molecule has 1 N–H and O–H groups in total. The third kappa shape index (κ3) is 7.04. The zero-order valence-electron chi connectivity index (χ0n) is 12.7. The second-order valence-corrected chi connectivity index (χ2v) is 5.63. The van der Waals surface area contributed by atoms with E-state index in [2.05, 4.69) is 15.3 Å². The van der Waals surface area contributed by atoms with Crippen LogP contribution in [0.3, 0.4) is 0 Å². The van der Waals surface area contributed by atoms with Crippen molar-refractivity contribution < 1.29 is 9.53 Å². The fourth-order valence-electron chi connectivity index (χ4n) is 1.51. The monoisotopic (exact) mass is 280 g/mol. The van der Waals surface area contributed by atoms with Crippen molar-refractivity contribution in [3.8, 4) is 0 Å². The number of nitrogens with one attached hydrogen (secondary N) is 1. The predicted octanol–water partition coefficient (Wildman–Crippen LogP) is 1.82. The van der Waals surface area contributed by atoms with Gasteiger partial charge in [0.2, 0.25) is 0 Å². The van der Waals surface area contributed by atoms with Gasteiger partial charge < -0.3 is 15.0 Å². The molecule has 1 rings (SSSR count). The number of hydrogen-bond donors (Lipinski definition) is 1. The molecule has 0 spiro atoms. The van der Waals surface area contributed by atoms with Gasteiger partial charge in [-0.1, -0.05) is 0 Å². The van der Waals surface area contributed by atoms with Crippen molar-refractivity contribution in [2.24, 2.45) is 0 Å². The Hall–Kier alpha value is -1.69. The molecule has 1 aromatic heterocycles. The first-order chi connectivity index (χ1) is 9.38. The molecule has 1 heterocycles. The lowest BCUT2D eigenvalue weighted by Crippen LogP contribution is -2.35. The first kappa shape index (κ1) is 16.4. The fourth-order valence-corrected chi connectivity index (χ4v) is 1.51. The molecule has 0 aliphatic carbocycles. The Morgan fingerprint density at radius 1 is 1.45 bits per heavy atom. The van der Waals surface area contributed by atoms with Gasteiger partial charge in [-0.2, -0.15) is 0 Å². The van der Waals surface area contributed by atoms with Crippen LogP contribution in [-0.4, -0.2) is 46.7 Å². The highest BCUT2D eigenvalue weighted by atomic mass is 16.6. The average Bonchev–Trinajstić information content (AvgIpc) is 2.37. The molecule has 6 nitrogen and oxygen atoms in total. The Balaban J connectivity index is 2.13. The molecule has 1 amide bonds. The molecule has 0 saturated carbocycles. The van der Waals surface area contributed by atoms with E-state index < -0.39 is 5.60 Å². The summed E-state index contributed by atoms with van der Waals surface area (Å²) in [6.07, 6.45) is 3.84. The molecule has 0 aliphatic rings. The highest BCUT2D eigenvalue weighted by molar-refractivity contribution is 5.67. The number of amides is 1. The zero-order chi connectivity index (χ0) is 15.0. The Morgan fingerprint density at radius 3 is 2.80 bits per heavy atom. The summed E-state index contributed by atoms with van der Waals surface area (Å²) in [7, 11) is 1.75. The van der Waals surface area contributed by atoms with Crippen LogP contribution in [0.25, 0.3) is 0 Å². The van der Waals surface area contributed by atoms with E-state index in [1.807, 2.05) is 26.8 Å². The number of hydrogen-bond acceptors (Lipinski definition) is 5. The van der Waals surface area contributed by atoms with Crippen LogP contribution in [0.1, 0.15) is 32.9 Å². The van der Waals surface area contributed by atoms with Gasteiger partial charge >= 0.3 is 6.09 Å². The summed E-state index contributed by atoms with van der Waals surface area (Å²) in [6.45, 7) is 7.77. The number of carbonyl (C=O) groups is 1. The Morgan fingerprint density at radius 2 is 2.20 bits per heavy atom. The second-order valence-electron chi connectivity index (χ2n) is 5.63. The maximum atomic E-state index is 11.7. The fraction of sp³-hybridized carbons (Fsp3) is 0.643. The second kappa shape index (κ2) is 7.79. The maximum Gasteiger partial charge on any atom is 0.410 e. The summed E-state index contributed by atoms with van der Waals surface area (Å²) in [5.74, 6) is 0. The minimum absolute atomic E-state index is 0.284. The van der Waals surface area contributed by atoms with Crippen molar-refractivity contribution in [3.05, 3.63) is 24.3 Å². The van der Waals surface area contributed by atoms with Gasteiger partial charge in [0.05, 0.1) is 5.69 Å². The molecular weight excluding hydrogens is 256 g/mol. The third-order valence-electron chi connectivity index (χ3n) is 2.50. The van der Waals surface area contributed by atoms with E-state index in [0.717, 1.165) is 18.7 Å². The van der Waals surface area contributed by atoms with Crippen LogP contribution in [0.4, 0.5) is 4.79 Å². The maximum absolute atomic E-state index is 11.7. The summed E-state index contributed by atoms with van der Waals surface area (Å²) in [5.41, 5.74) is 0.511. The lowest BCUT2D eigenvalue weighted by molar-refractivity contribution is 0.0297. The molecule has 6 heteroatoms.